The van der Waals surface area contributed by atoms with Crippen LogP contribution in [0.25, 0.3) is 0 Å². The van der Waals surface area contributed by atoms with Crippen LogP contribution in [0.1, 0.15) is 55.6 Å². The molecule has 2 rings (SSSR count). The maximum Gasteiger partial charge on any atom is 0.308 e. The molecule has 0 N–H and O–H groups in total. The highest BCUT2D eigenvalue weighted by Gasteiger charge is 2.21. The molecule has 1 atom stereocenters. The van der Waals surface area contributed by atoms with Gasteiger partial charge in [0.25, 0.3) is 5.91 Å². The van der Waals surface area contributed by atoms with Gasteiger partial charge in [-0.1, -0.05) is 38.1 Å². The van der Waals surface area contributed by atoms with Gasteiger partial charge in [-0.05, 0) is 62.1 Å². The molecule has 2 aromatic carbocycles. The Morgan fingerprint density at radius 2 is 1.71 bits per heavy atom. The average Bonchev–Trinajstić information content (AvgIpc) is 2.71. The third-order valence-corrected chi connectivity index (χ3v) is 5.97. The molecule has 0 aliphatic rings. The largest absolute Gasteiger partial charge is 0.382 e. The molecule has 0 bridgehead atoms. The Bertz CT molecular complexity index is 891. The molecule has 0 spiro atoms. The number of nitrogens with zero attached hydrogens (tertiary/aromatic N) is 1. The van der Waals surface area contributed by atoms with E-state index in [0.29, 0.717) is 12.1 Å². The van der Waals surface area contributed by atoms with E-state index in [9.17, 15) is 13.2 Å². The number of amides is 1. The topological polar surface area (TPSA) is 63.7 Å². The smallest absolute Gasteiger partial charge is 0.308 e. The molecule has 0 aliphatic heterocycles. The summed E-state index contributed by atoms with van der Waals surface area (Å²) in [6, 6.07) is 14.6. The molecule has 5 nitrogen and oxygen atoms in total. The van der Waals surface area contributed by atoms with Crippen molar-refractivity contribution in [3.05, 3.63) is 65.2 Å². The van der Waals surface area contributed by atoms with E-state index in [4.69, 9.17) is 4.18 Å². The van der Waals surface area contributed by atoms with Gasteiger partial charge in [0.15, 0.2) is 0 Å². The maximum absolute atomic E-state index is 13.1. The summed E-state index contributed by atoms with van der Waals surface area (Å²) in [5, 5.41) is 0. The fourth-order valence-corrected chi connectivity index (χ4v) is 3.31. The Balaban J connectivity index is 2.25. The van der Waals surface area contributed by atoms with Gasteiger partial charge in [0.1, 0.15) is 5.75 Å². The van der Waals surface area contributed by atoms with Crippen LogP contribution in [0.2, 0.25) is 0 Å². The fraction of sp³-hybridized carbons (Fsp3) is 0.409. The monoisotopic (exact) mass is 403 g/mol. The zero-order valence-electron chi connectivity index (χ0n) is 17.0. The molecular formula is C22H29NO4S. The number of aryl methyl sites for hydroxylation is 1. The summed E-state index contributed by atoms with van der Waals surface area (Å²) in [4.78, 5) is 14.9. The molecule has 6 heteroatoms. The van der Waals surface area contributed by atoms with Gasteiger partial charge in [-0.2, -0.15) is 8.42 Å². The molecule has 152 valence electrons. The number of carbonyl (C=O) groups excluding carboxylic acids is 1. The lowest BCUT2D eigenvalue weighted by atomic mass is 10.1. The molecule has 0 radical (unpaired) electrons. The van der Waals surface area contributed by atoms with Gasteiger partial charge in [-0.25, -0.2) is 0 Å². The number of rotatable bonds is 9. The van der Waals surface area contributed by atoms with Gasteiger partial charge >= 0.3 is 10.1 Å². The van der Waals surface area contributed by atoms with Gasteiger partial charge in [0.2, 0.25) is 0 Å². The van der Waals surface area contributed by atoms with E-state index in [1.807, 2.05) is 49.1 Å². The molecule has 2 aromatic rings. The van der Waals surface area contributed by atoms with Crippen molar-refractivity contribution in [3.63, 3.8) is 0 Å². The van der Waals surface area contributed by atoms with E-state index in [0.717, 1.165) is 18.4 Å². The van der Waals surface area contributed by atoms with Crippen LogP contribution in [0.5, 0.6) is 5.75 Å². The minimum atomic E-state index is -3.59. The normalized spacial score (nSPS) is 12.4. The summed E-state index contributed by atoms with van der Waals surface area (Å²) in [6.45, 7) is 8.05. The zero-order valence-corrected chi connectivity index (χ0v) is 17.8. The summed E-state index contributed by atoms with van der Waals surface area (Å²) < 4.78 is 28.5. The van der Waals surface area contributed by atoms with E-state index >= 15 is 0 Å². The lowest BCUT2D eigenvalue weighted by molar-refractivity contribution is 0.0671. The van der Waals surface area contributed by atoms with Gasteiger partial charge < -0.3 is 9.08 Å². The van der Waals surface area contributed by atoms with Crippen molar-refractivity contribution in [2.75, 3.05) is 5.75 Å². The van der Waals surface area contributed by atoms with E-state index in [-0.39, 0.29) is 23.5 Å². The first-order valence-corrected chi connectivity index (χ1v) is 11.3. The Kier molecular flexibility index (Phi) is 7.63. The SMILES string of the molecule is CCc1ccc(C(=O)N(Cc2cccc(OS(=O)(=O)CC)c2)[C@H](C)CC)cc1. The highest BCUT2D eigenvalue weighted by Crippen LogP contribution is 2.20. The predicted molar refractivity (Wildman–Crippen MR) is 112 cm³/mol. The molecule has 0 aromatic heterocycles. The van der Waals surface area contributed by atoms with Gasteiger partial charge in [0.05, 0.1) is 5.75 Å². The lowest BCUT2D eigenvalue weighted by Crippen LogP contribution is -2.37. The van der Waals surface area contributed by atoms with Crippen molar-refractivity contribution in [3.8, 4) is 5.75 Å². The first-order valence-electron chi connectivity index (χ1n) is 9.70. The molecule has 0 unspecified atom stereocenters. The lowest BCUT2D eigenvalue weighted by Gasteiger charge is -2.29. The molecule has 0 saturated heterocycles. The van der Waals surface area contributed by atoms with Crippen molar-refractivity contribution >= 4 is 16.0 Å². The van der Waals surface area contributed by atoms with E-state index in [1.54, 1.807) is 18.2 Å². The second-order valence-electron chi connectivity index (χ2n) is 6.82. The third-order valence-electron chi connectivity index (χ3n) is 4.82. The zero-order chi connectivity index (χ0) is 20.7. The van der Waals surface area contributed by atoms with Crippen LogP contribution < -0.4 is 4.18 Å². The molecule has 28 heavy (non-hydrogen) atoms. The summed E-state index contributed by atoms with van der Waals surface area (Å²) in [6.07, 6.45) is 1.75. The summed E-state index contributed by atoms with van der Waals surface area (Å²) in [5.41, 5.74) is 2.66. The average molecular weight is 404 g/mol. The number of hydrogen-bond donors (Lipinski definition) is 0. The van der Waals surface area contributed by atoms with E-state index < -0.39 is 10.1 Å². The summed E-state index contributed by atoms with van der Waals surface area (Å²) in [5.74, 6) is 0.135. The molecule has 0 aliphatic carbocycles. The molecule has 0 heterocycles. The first kappa shape index (κ1) is 22.0. The van der Waals surface area contributed by atoms with Crippen LogP contribution in [0.4, 0.5) is 0 Å². The first-order chi connectivity index (χ1) is 13.3. The molecule has 0 fully saturated rings. The van der Waals surface area contributed by atoms with E-state index in [1.165, 1.54) is 12.5 Å². The Morgan fingerprint density at radius 1 is 1.04 bits per heavy atom. The van der Waals surface area contributed by atoms with Gasteiger partial charge in [0, 0.05) is 18.2 Å². The molecule has 0 saturated carbocycles. The Labute approximate surface area is 168 Å². The van der Waals surface area contributed by atoms with Crippen molar-refractivity contribution in [1.29, 1.82) is 0 Å². The highest BCUT2D eigenvalue weighted by atomic mass is 32.2. The van der Waals surface area contributed by atoms with Gasteiger partial charge in [-0.15, -0.1) is 0 Å². The summed E-state index contributed by atoms with van der Waals surface area (Å²) in [7, 11) is -3.59. The van der Waals surface area contributed by atoms with E-state index in [2.05, 4.69) is 6.92 Å². The van der Waals surface area contributed by atoms with Crippen LogP contribution in [0.3, 0.4) is 0 Å². The number of carbonyl (C=O) groups is 1. The van der Waals surface area contributed by atoms with Gasteiger partial charge in [-0.3, -0.25) is 4.79 Å². The van der Waals surface area contributed by atoms with Crippen LogP contribution in [0, 0.1) is 0 Å². The highest BCUT2D eigenvalue weighted by molar-refractivity contribution is 7.87. The predicted octanol–water partition coefficient (Wildman–Crippen LogP) is 4.42. The molecule has 1 amide bonds. The van der Waals surface area contributed by atoms with Crippen LogP contribution in [-0.4, -0.2) is 31.0 Å². The maximum atomic E-state index is 13.1. The Hall–Kier alpha value is -2.34. The number of hydrogen-bond acceptors (Lipinski definition) is 4. The quantitative estimate of drug-likeness (QED) is 0.582. The Morgan fingerprint density at radius 3 is 2.29 bits per heavy atom. The molecular weight excluding hydrogens is 374 g/mol. The second-order valence-corrected chi connectivity index (χ2v) is 8.68. The fourth-order valence-electron chi connectivity index (χ4n) is 2.79. The van der Waals surface area contributed by atoms with Crippen LogP contribution in [-0.2, 0) is 23.1 Å². The number of benzene rings is 2. The van der Waals surface area contributed by atoms with Crippen molar-refractivity contribution in [2.45, 2.75) is 53.1 Å². The van der Waals surface area contributed by atoms with Crippen molar-refractivity contribution in [2.24, 2.45) is 0 Å². The standard InChI is InChI=1S/C22H29NO4S/c1-5-17(4)23(22(24)20-13-11-18(6-2)12-14-20)16-19-9-8-10-21(15-19)27-28(25,26)7-3/h8-15,17H,5-7,16H2,1-4H3/t17-/m1/s1. The van der Waals surface area contributed by atoms with Crippen LogP contribution in [0.15, 0.2) is 48.5 Å². The summed E-state index contributed by atoms with van der Waals surface area (Å²) >= 11 is 0. The second kappa shape index (κ2) is 9.73. The minimum absolute atomic E-state index is 0.0375. The van der Waals surface area contributed by atoms with Crippen molar-refractivity contribution in [1.82, 2.24) is 4.90 Å². The minimum Gasteiger partial charge on any atom is -0.382 e. The van der Waals surface area contributed by atoms with Crippen LogP contribution >= 0.6 is 0 Å². The van der Waals surface area contributed by atoms with Crippen molar-refractivity contribution < 1.29 is 17.4 Å². The third kappa shape index (κ3) is 5.83.